The molecule has 3 nitrogen and oxygen atoms in total. The first-order valence-electron chi connectivity index (χ1n) is 6.61. The first kappa shape index (κ1) is 14.3. The highest BCUT2D eigenvalue weighted by Crippen LogP contribution is 2.12. The van der Waals surface area contributed by atoms with E-state index < -0.39 is 0 Å². The minimum absolute atomic E-state index is 0.0515. The van der Waals surface area contributed by atoms with Crippen molar-refractivity contribution >= 4 is 5.91 Å². The fourth-order valence-electron chi connectivity index (χ4n) is 2.07. The van der Waals surface area contributed by atoms with Crippen LogP contribution in [0.5, 0.6) is 0 Å². The summed E-state index contributed by atoms with van der Waals surface area (Å²) in [5.41, 5.74) is 3.49. The fourth-order valence-corrected chi connectivity index (χ4v) is 2.07. The van der Waals surface area contributed by atoms with Crippen molar-refractivity contribution in [2.45, 2.75) is 12.8 Å². The van der Waals surface area contributed by atoms with E-state index in [0.717, 1.165) is 12.0 Å². The molecule has 0 unspecified atom stereocenters. The lowest BCUT2D eigenvalue weighted by Crippen LogP contribution is -2.26. The minimum atomic E-state index is -0.0515. The molecule has 0 saturated carbocycles. The van der Waals surface area contributed by atoms with E-state index in [1.165, 1.54) is 23.3 Å². The molecule has 0 aliphatic heterocycles. The van der Waals surface area contributed by atoms with Gasteiger partial charge in [0.25, 0.3) is 0 Å². The van der Waals surface area contributed by atoms with E-state index in [1.54, 1.807) is 7.05 Å². The van der Waals surface area contributed by atoms with Gasteiger partial charge in [-0.15, -0.1) is 0 Å². The largest absolute Gasteiger partial charge is 0.275 e. The smallest absolute Gasteiger partial charge is 0.250 e. The molecular weight excluding hydrogens is 250 g/mol. The topological polar surface area (TPSA) is 29.5 Å². The Morgan fingerprint density at radius 1 is 1.00 bits per heavy atom. The molecule has 1 amide bonds. The lowest BCUT2D eigenvalue weighted by Gasteiger charge is -2.13. The van der Waals surface area contributed by atoms with Gasteiger partial charge in [0.15, 0.2) is 0 Å². The molecule has 2 rings (SSSR count). The van der Waals surface area contributed by atoms with Crippen molar-refractivity contribution in [3.05, 3.63) is 71.3 Å². The van der Waals surface area contributed by atoms with E-state index in [1.807, 2.05) is 30.3 Å². The zero-order chi connectivity index (χ0) is 14.4. The van der Waals surface area contributed by atoms with Crippen LogP contribution in [0.2, 0.25) is 0 Å². The molecular formula is C17H19NO2. The molecule has 0 heterocycles. The van der Waals surface area contributed by atoms with Crippen LogP contribution >= 0.6 is 0 Å². The van der Waals surface area contributed by atoms with Crippen molar-refractivity contribution in [2.75, 3.05) is 14.2 Å². The maximum absolute atomic E-state index is 11.8. The zero-order valence-corrected chi connectivity index (χ0v) is 11.9. The molecule has 20 heavy (non-hydrogen) atoms. The van der Waals surface area contributed by atoms with Crippen LogP contribution in [0.25, 0.3) is 0 Å². The molecule has 0 radical (unpaired) electrons. The van der Waals surface area contributed by atoms with Gasteiger partial charge in [-0.05, 0) is 23.1 Å². The van der Waals surface area contributed by atoms with Crippen LogP contribution in [0.4, 0.5) is 0 Å². The van der Waals surface area contributed by atoms with Crippen molar-refractivity contribution in [1.29, 1.82) is 0 Å². The molecule has 0 atom stereocenters. The summed E-state index contributed by atoms with van der Waals surface area (Å²) in [6.45, 7) is 0. The van der Waals surface area contributed by atoms with Gasteiger partial charge < -0.3 is 0 Å². The Kier molecular flexibility index (Phi) is 4.91. The van der Waals surface area contributed by atoms with Gasteiger partial charge in [0.05, 0.1) is 13.5 Å². The average Bonchev–Trinajstić information content (AvgIpc) is 2.47. The first-order valence-corrected chi connectivity index (χ1v) is 6.61. The average molecular weight is 269 g/mol. The van der Waals surface area contributed by atoms with E-state index in [4.69, 9.17) is 4.84 Å². The molecule has 0 aliphatic carbocycles. The van der Waals surface area contributed by atoms with Crippen molar-refractivity contribution in [3.63, 3.8) is 0 Å². The highest BCUT2D eigenvalue weighted by molar-refractivity contribution is 5.77. The molecule has 104 valence electrons. The van der Waals surface area contributed by atoms with E-state index in [-0.39, 0.29) is 5.91 Å². The summed E-state index contributed by atoms with van der Waals surface area (Å²) in [6.07, 6.45) is 1.23. The van der Waals surface area contributed by atoms with Gasteiger partial charge >= 0.3 is 0 Å². The number of hydrogen-bond acceptors (Lipinski definition) is 2. The van der Waals surface area contributed by atoms with Crippen molar-refractivity contribution < 1.29 is 9.63 Å². The summed E-state index contributed by atoms with van der Waals surface area (Å²) < 4.78 is 0. The molecule has 0 saturated heterocycles. The van der Waals surface area contributed by atoms with Gasteiger partial charge in [0.2, 0.25) is 5.91 Å². The van der Waals surface area contributed by atoms with Crippen molar-refractivity contribution in [3.8, 4) is 0 Å². The molecule has 0 N–H and O–H groups in total. The number of carbonyl (C=O) groups is 1. The van der Waals surface area contributed by atoms with Gasteiger partial charge in [-0.1, -0.05) is 54.6 Å². The standard InChI is InChI=1S/C17H19NO2/c1-18(20-2)17(19)13-16-10-6-9-15(12-16)11-14-7-4-3-5-8-14/h3-10,12H,11,13H2,1-2H3. The van der Waals surface area contributed by atoms with Crippen LogP contribution in [0, 0.1) is 0 Å². The molecule has 3 heteroatoms. The van der Waals surface area contributed by atoms with Crippen LogP contribution in [0.1, 0.15) is 16.7 Å². The predicted molar refractivity (Wildman–Crippen MR) is 79.2 cm³/mol. The van der Waals surface area contributed by atoms with Gasteiger partial charge in [0.1, 0.15) is 0 Å². The number of hydrogen-bond donors (Lipinski definition) is 0. The molecule has 0 aliphatic rings. The SMILES string of the molecule is CON(C)C(=O)Cc1cccc(Cc2ccccc2)c1. The monoisotopic (exact) mass is 269 g/mol. The van der Waals surface area contributed by atoms with Crippen LogP contribution in [0.15, 0.2) is 54.6 Å². The van der Waals surface area contributed by atoms with Crippen molar-refractivity contribution in [1.82, 2.24) is 5.06 Å². The number of rotatable bonds is 5. The summed E-state index contributed by atoms with van der Waals surface area (Å²) in [5.74, 6) is -0.0515. The van der Waals surface area contributed by atoms with Crippen LogP contribution < -0.4 is 0 Å². The number of likely N-dealkylation sites (N-methyl/N-ethyl adjacent to an activating group) is 1. The second-order valence-electron chi connectivity index (χ2n) is 4.73. The summed E-state index contributed by atoms with van der Waals surface area (Å²) in [7, 11) is 3.11. The Bertz CT molecular complexity index is 566. The molecule has 0 spiro atoms. The van der Waals surface area contributed by atoms with Gasteiger partial charge in [-0.25, -0.2) is 5.06 Å². The first-order chi connectivity index (χ1) is 9.69. The van der Waals surface area contributed by atoms with E-state index in [0.29, 0.717) is 6.42 Å². The molecule has 2 aromatic carbocycles. The van der Waals surface area contributed by atoms with Gasteiger partial charge in [-0.2, -0.15) is 0 Å². The van der Waals surface area contributed by atoms with Crippen LogP contribution in [0.3, 0.4) is 0 Å². The zero-order valence-electron chi connectivity index (χ0n) is 11.9. The highest BCUT2D eigenvalue weighted by atomic mass is 16.7. The number of nitrogens with zero attached hydrogens (tertiary/aromatic N) is 1. The minimum Gasteiger partial charge on any atom is -0.275 e. The van der Waals surface area contributed by atoms with E-state index in [9.17, 15) is 4.79 Å². The quantitative estimate of drug-likeness (QED) is 0.781. The Morgan fingerprint density at radius 2 is 1.65 bits per heavy atom. The molecule has 2 aromatic rings. The third kappa shape index (κ3) is 3.93. The van der Waals surface area contributed by atoms with Crippen molar-refractivity contribution in [2.24, 2.45) is 0 Å². The molecule has 0 aromatic heterocycles. The van der Waals surface area contributed by atoms with E-state index in [2.05, 4.69) is 24.3 Å². The fraction of sp³-hybridized carbons (Fsp3) is 0.235. The Hall–Kier alpha value is -2.13. The number of carbonyl (C=O) groups excluding carboxylic acids is 1. The summed E-state index contributed by atoms with van der Waals surface area (Å²) in [4.78, 5) is 16.7. The van der Waals surface area contributed by atoms with Gasteiger partial charge in [0, 0.05) is 7.05 Å². The second kappa shape index (κ2) is 6.87. The number of benzene rings is 2. The predicted octanol–water partition coefficient (Wildman–Crippen LogP) is 2.84. The highest BCUT2D eigenvalue weighted by Gasteiger charge is 2.09. The maximum Gasteiger partial charge on any atom is 0.250 e. The van der Waals surface area contributed by atoms with Crippen LogP contribution in [-0.2, 0) is 22.5 Å². The summed E-state index contributed by atoms with van der Waals surface area (Å²) >= 11 is 0. The second-order valence-corrected chi connectivity index (χ2v) is 4.73. The number of amides is 1. The Labute approximate surface area is 119 Å². The molecule has 0 bridgehead atoms. The lowest BCUT2D eigenvalue weighted by molar-refractivity contribution is -0.167. The normalized spacial score (nSPS) is 10.3. The number of hydroxylamine groups is 2. The van der Waals surface area contributed by atoms with Crippen LogP contribution in [-0.4, -0.2) is 25.1 Å². The Morgan fingerprint density at radius 3 is 2.35 bits per heavy atom. The summed E-state index contributed by atoms with van der Waals surface area (Å²) in [6, 6.07) is 18.4. The maximum atomic E-state index is 11.8. The lowest BCUT2D eigenvalue weighted by atomic mass is 10.0. The summed E-state index contributed by atoms with van der Waals surface area (Å²) in [5, 5.41) is 1.25. The van der Waals surface area contributed by atoms with Gasteiger partial charge in [-0.3, -0.25) is 9.63 Å². The Balaban J connectivity index is 2.06. The van der Waals surface area contributed by atoms with E-state index >= 15 is 0 Å². The third-order valence-corrected chi connectivity index (χ3v) is 3.22. The molecule has 0 fully saturated rings. The third-order valence-electron chi connectivity index (χ3n) is 3.22.